The lowest BCUT2D eigenvalue weighted by molar-refractivity contribution is -0.146. The number of nitrogens with two attached hydrogens (primary N) is 1. The Morgan fingerprint density at radius 2 is 1.50 bits per heavy atom. The number of aliphatic carboxylic acids is 1. The number of unbranched alkanes of at least 4 members (excludes halogenated alkanes) is 1. The summed E-state index contributed by atoms with van der Waals surface area (Å²) >= 11 is 0. The molecular formula is C27H33N3O7S. The molecule has 1 heterocycles. The van der Waals surface area contributed by atoms with Crippen molar-refractivity contribution in [2.75, 3.05) is 12.3 Å². The molecule has 3 rings (SSSR count). The Labute approximate surface area is 222 Å². The predicted octanol–water partition coefficient (Wildman–Crippen LogP) is 2.29. The van der Waals surface area contributed by atoms with Crippen LogP contribution in [-0.2, 0) is 26.0 Å². The van der Waals surface area contributed by atoms with E-state index < -0.39 is 51.6 Å². The number of carboxylic acids is 1. The summed E-state index contributed by atoms with van der Waals surface area (Å²) in [4.78, 5) is 51.7. The Balaban J connectivity index is 1.76. The number of hydrogen-bond acceptors (Lipinski definition) is 7. The molecule has 0 aliphatic carbocycles. The van der Waals surface area contributed by atoms with Crippen LogP contribution in [0.25, 0.3) is 0 Å². The second kappa shape index (κ2) is 12.3. The fraction of sp³-hybridized carbons (Fsp3) is 0.407. The quantitative estimate of drug-likeness (QED) is 0.288. The first-order valence-corrected chi connectivity index (χ1v) is 14.1. The van der Waals surface area contributed by atoms with E-state index in [4.69, 9.17) is 5.73 Å². The van der Waals surface area contributed by atoms with Gasteiger partial charge in [-0.15, -0.1) is 0 Å². The van der Waals surface area contributed by atoms with Gasteiger partial charge in [0.2, 0.25) is 10.0 Å². The molecule has 204 valence electrons. The summed E-state index contributed by atoms with van der Waals surface area (Å²) in [6.07, 6.45) is 0.116. The number of carbonyl (C=O) groups excluding carboxylic acids is 3. The van der Waals surface area contributed by atoms with E-state index >= 15 is 0 Å². The highest BCUT2D eigenvalue weighted by molar-refractivity contribution is 7.89. The maximum absolute atomic E-state index is 13.4. The van der Waals surface area contributed by atoms with Gasteiger partial charge in [0.05, 0.1) is 22.9 Å². The van der Waals surface area contributed by atoms with Gasteiger partial charge in [-0.1, -0.05) is 56.3 Å². The van der Waals surface area contributed by atoms with Crippen LogP contribution in [0.4, 0.5) is 0 Å². The van der Waals surface area contributed by atoms with Gasteiger partial charge in [-0.25, -0.2) is 17.5 Å². The number of imide groups is 1. The molecule has 0 spiro atoms. The fourth-order valence-electron chi connectivity index (χ4n) is 4.46. The van der Waals surface area contributed by atoms with E-state index in [0.717, 1.165) is 4.90 Å². The van der Waals surface area contributed by atoms with Crippen molar-refractivity contribution in [3.63, 3.8) is 0 Å². The largest absolute Gasteiger partial charge is 0.480 e. The maximum Gasteiger partial charge on any atom is 0.327 e. The molecule has 0 saturated heterocycles. The maximum atomic E-state index is 13.4. The molecule has 2 aromatic rings. The summed E-state index contributed by atoms with van der Waals surface area (Å²) in [5.41, 5.74) is 7.17. The molecule has 38 heavy (non-hydrogen) atoms. The zero-order chi connectivity index (χ0) is 28.0. The topological polar surface area (TPSA) is 155 Å². The van der Waals surface area contributed by atoms with E-state index in [9.17, 15) is 32.7 Å². The average molecular weight is 544 g/mol. The molecule has 11 heteroatoms. The van der Waals surface area contributed by atoms with Crippen LogP contribution in [0, 0.1) is 5.92 Å². The Bertz CT molecular complexity index is 1260. The van der Waals surface area contributed by atoms with Gasteiger partial charge in [-0.3, -0.25) is 19.3 Å². The summed E-state index contributed by atoms with van der Waals surface area (Å²) in [6.45, 7) is 3.64. The van der Waals surface area contributed by atoms with Gasteiger partial charge in [0.25, 0.3) is 17.7 Å². The zero-order valence-electron chi connectivity index (χ0n) is 21.4. The second-order valence-electron chi connectivity index (χ2n) is 9.74. The standard InChI is InChI=1S/C27H33N3O7S/c1-18(2)16-22(28)26(33)30(23(27(34)35)17-19-10-4-3-5-11-19)38(36,37)15-9-8-14-29-24(31)20-12-6-7-13-21(20)25(29)32/h3-7,10-13,18,22-23H,8-9,14-17,28H2,1-2H3,(H,34,35)/t22-,23-/m0/s1. The zero-order valence-corrected chi connectivity index (χ0v) is 22.3. The van der Waals surface area contributed by atoms with E-state index in [1.165, 1.54) is 0 Å². The number of amides is 3. The van der Waals surface area contributed by atoms with E-state index in [1.54, 1.807) is 54.6 Å². The highest BCUT2D eigenvalue weighted by atomic mass is 32.2. The third-order valence-corrected chi connectivity index (χ3v) is 8.15. The molecule has 0 radical (unpaired) electrons. The van der Waals surface area contributed by atoms with Crippen molar-refractivity contribution in [1.29, 1.82) is 0 Å². The van der Waals surface area contributed by atoms with Crippen molar-refractivity contribution in [3.8, 4) is 0 Å². The third-order valence-electron chi connectivity index (χ3n) is 6.31. The Hall–Kier alpha value is -3.57. The lowest BCUT2D eigenvalue weighted by Gasteiger charge is -2.31. The third kappa shape index (κ3) is 6.65. The number of nitrogens with zero attached hydrogens (tertiary/aromatic N) is 2. The number of hydrogen-bond donors (Lipinski definition) is 2. The van der Waals surface area contributed by atoms with Crippen molar-refractivity contribution in [2.45, 2.75) is 51.6 Å². The number of carboxylic acid groups (broad SMARTS) is 1. The first kappa shape index (κ1) is 29.0. The summed E-state index contributed by atoms with van der Waals surface area (Å²) in [5, 5.41) is 9.96. The molecule has 1 aliphatic heterocycles. The fourth-order valence-corrected chi connectivity index (χ4v) is 6.19. The van der Waals surface area contributed by atoms with Gasteiger partial charge in [0, 0.05) is 13.0 Å². The minimum absolute atomic E-state index is 0.00336. The molecule has 0 unspecified atom stereocenters. The van der Waals surface area contributed by atoms with Crippen LogP contribution in [0.1, 0.15) is 59.4 Å². The van der Waals surface area contributed by atoms with Crippen molar-refractivity contribution >= 4 is 33.7 Å². The second-order valence-corrected chi connectivity index (χ2v) is 11.7. The number of fused-ring (bicyclic) bond motifs is 1. The molecule has 0 fully saturated rings. The van der Waals surface area contributed by atoms with Crippen LogP contribution in [0.2, 0.25) is 0 Å². The van der Waals surface area contributed by atoms with Crippen LogP contribution < -0.4 is 5.73 Å². The van der Waals surface area contributed by atoms with Crippen LogP contribution >= 0.6 is 0 Å². The Morgan fingerprint density at radius 1 is 0.947 bits per heavy atom. The van der Waals surface area contributed by atoms with Crippen molar-refractivity contribution in [2.24, 2.45) is 11.7 Å². The van der Waals surface area contributed by atoms with Crippen LogP contribution in [-0.4, -0.2) is 70.8 Å². The molecule has 2 atom stereocenters. The van der Waals surface area contributed by atoms with Crippen molar-refractivity contribution in [1.82, 2.24) is 9.21 Å². The molecule has 0 bridgehead atoms. The van der Waals surface area contributed by atoms with E-state index in [-0.39, 0.29) is 38.1 Å². The molecular weight excluding hydrogens is 510 g/mol. The summed E-state index contributed by atoms with van der Waals surface area (Å²) in [5.74, 6) is -3.89. The Morgan fingerprint density at radius 3 is 2.03 bits per heavy atom. The number of rotatable bonds is 13. The van der Waals surface area contributed by atoms with Gasteiger partial charge in [-0.2, -0.15) is 0 Å². The Kier molecular flexibility index (Phi) is 9.40. The minimum atomic E-state index is -4.41. The molecule has 3 N–H and O–H groups in total. The van der Waals surface area contributed by atoms with E-state index in [2.05, 4.69) is 0 Å². The first-order chi connectivity index (χ1) is 17.9. The molecule has 0 aromatic heterocycles. The number of benzene rings is 2. The lowest BCUT2D eigenvalue weighted by atomic mass is 10.0. The van der Waals surface area contributed by atoms with Crippen molar-refractivity contribution < 1.29 is 32.7 Å². The summed E-state index contributed by atoms with van der Waals surface area (Å²) in [6, 6.07) is 12.0. The highest BCUT2D eigenvalue weighted by Gasteiger charge is 2.41. The number of carbonyl (C=O) groups is 4. The highest BCUT2D eigenvalue weighted by Crippen LogP contribution is 2.23. The average Bonchev–Trinajstić information content (AvgIpc) is 3.11. The predicted molar refractivity (Wildman–Crippen MR) is 141 cm³/mol. The van der Waals surface area contributed by atoms with Crippen molar-refractivity contribution in [3.05, 3.63) is 71.3 Å². The van der Waals surface area contributed by atoms with Gasteiger partial charge < -0.3 is 10.8 Å². The molecule has 1 aliphatic rings. The molecule has 10 nitrogen and oxygen atoms in total. The summed E-state index contributed by atoms with van der Waals surface area (Å²) < 4.78 is 27.3. The van der Waals surface area contributed by atoms with E-state index in [0.29, 0.717) is 21.0 Å². The van der Waals surface area contributed by atoms with Gasteiger partial charge in [0.15, 0.2) is 0 Å². The molecule has 2 aromatic carbocycles. The monoisotopic (exact) mass is 543 g/mol. The smallest absolute Gasteiger partial charge is 0.327 e. The van der Waals surface area contributed by atoms with Gasteiger partial charge in [0.1, 0.15) is 6.04 Å². The first-order valence-electron chi connectivity index (χ1n) is 12.5. The normalized spacial score (nSPS) is 14.9. The molecule has 3 amide bonds. The summed E-state index contributed by atoms with van der Waals surface area (Å²) in [7, 11) is -4.41. The van der Waals surface area contributed by atoms with E-state index in [1.807, 2.05) is 13.8 Å². The molecule has 0 saturated carbocycles. The van der Waals surface area contributed by atoms with Crippen LogP contribution in [0.5, 0.6) is 0 Å². The van der Waals surface area contributed by atoms with Crippen LogP contribution in [0.15, 0.2) is 54.6 Å². The van der Waals surface area contributed by atoms with Gasteiger partial charge in [-0.05, 0) is 42.9 Å². The van der Waals surface area contributed by atoms with Crippen LogP contribution in [0.3, 0.4) is 0 Å². The SMILES string of the molecule is CC(C)C[C@H](N)C(=O)N([C@@H](Cc1ccccc1)C(=O)O)S(=O)(=O)CCCCN1C(=O)c2ccccc2C1=O. The lowest BCUT2D eigenvalue weighted by Crippen LogP contribution is -2.55. The number of sulfonamides is 1. The van der Waals surface area contributed by atoms with Gasteiger partial charge >= 0.3 is 5.97 Å². The minimum Gasteiger partial charge on any atom is -0.480 e.